The highest BCUT2D eigenvalue weighted by Gasteiger charge is 2.47. The van der Waals surface area contributed by atoms with Gasteiger partial charge in [-0.25, -0.2) is 4.98 Å². The van der Waals surface area contributed by atoms with E-state index in [-0.39, 0.29) is 16.7 Å². The molecule has 3 aromatic rings. The predicted octanol–water partition coefficient (Wildman–Crippen LogP) is 5.31. The number of anilines is 1. The number of ketones is 1. The van der Waals surface area contributed by atoms with Gasteiger partial charge in [-0.2, -0.15) is 0 Å². The smallest absolute Gasteiger partial charge is 0.301 e. The van der Waals surface area contributed by atoms with E-state index in [1.807, 2.05) is 43.3 Å². The molecule has 0 unspecified atom stereocenters. The summed E-state index contributed by atoms with van der Waals surface area (Å²) in [6.07, 6.45) is 1.58. The van der Waals surface area contributed by atoms with Crippen LogP contribution in [0.3, 0.4) is 0 Å². The Balaban J connectivity index is 1.91. The van der Waals surface area contributed by atoms with Crippen molar-refractivity contribution in [3.05, 3.63) is 101 Å². The van der Waals surface area contributed by atoms with E-state index >= 15 is 0 Å². The lowest BCUT2D eigenvalue weighted by atomic mass is 9.85. The fraction of sp³-hybridized carbons (Fsp3) is 0.222. The van der Waals surface area contributed by atoms with Crippen molar-refractivity contribution in [2.24, 2.45) is 0 Å². The Bertz CT molecular complexity index is 1190. The standard InChI is InChI=1S/C27H26N2O3/c1-17-8-10-19(11-9-17)24(30)22-23(18-12-14-20(15-13-18)27(2,3)4)29(26(32)25(22)31)21-7-5-6-16-28-21/h5-16,23,30H,1-4H3/t23-/m0/s1. The van der Waals surface area contributed by atoms with Gasteiger partial charge in [0.25, 0.3) is 5.78 Å². The maximum absolute atomic E-state index is 13.1. The molecule has 1 aromatic heterocycles. The van der Waals surface area contributed by atoms with Crippen molar-refractivity contribution in [2.75, 3.05) is 4.90 Å². The van der Waals surface area contributed by atoms with Crippen molar-refractivity contribution < 1.29 is 14.7 Å². The van der Waals surface area contributed by atoms with Crippen molar-refractivity contribution in [3.8, 4) is 0 Å². The number of aliphatic hydroxyl groups excluding tert-OH is 1. The lowest BCUT2D eigenvalue weighted by molar-refractivity contribution is -0.132. The van der Waals surface area contributed by atoms with Gasteiger partial charge >= 0.3 is 5.91 Å². The fourth-order valence-electron chi connectivity index (χ4n) is 3.91. The molecule has 162 valence electrons. The van der Waals surface area contributed by atoms with Gasteiger partial charge in [0.05, 0.1) is 11.6 Å². The molecule has 5 nitrogen and oxygen atoms in total. The van der Waals surface area contributed by atoms with Crippen molar-refractivity contribution in [1.82, 2.24) is 4.98 Å². The quantitative estimate of drug-likeness (QED) is 0.350. The van der Waals surface area contributed by atoms with Gasteiger partial charge in [-0.1, -0.05) is 80.9 Å². The van der Waals surface area contributed by atoms with E-state index in [0.29, 0.717) is 11.4 Å². The summed E-state index contributed by atoms with van der Waals surface area (Å²) in [6, 6.07) is 19.5. The number of nitrogens with zero attached hydrogens (tertiary/aromatic N) is 2. The first-order chi connectivity index (χ1) is 15.2. The van der Waals surface area contributed by atoms with E-state index < -0.39 is 17.7 Å². The van der Waals surface area contributed by atoms with Crippen molar-refractivity contribution in [3.63, 3.8) is 0 Å². The van der Waals surface area contributed by atoms with Crippen molar-refractivity contribution in [2.45, 2.75) is 39.2 Å². The highest BCUT2D eigenvalue weighted by atomic mass is 16.3. The van der Waals surface area contributed by atoms with Gasteiger partial charge in [-0.15, -0.1) is 0 Å². The number of amides is 1. The summed E-state index contributed by atoms with van der Waals surface area (Å²) >= 11 is 0. The van der Waals surface area contributed by atoms with Gasteiger partial charge in [0.1, 0.15) is 11.6 Å². The molecule has 2 aromatic carbocycles. The van der Waals surface area contributed by atoms with Crippen LogP contribution in [0.1, 0.15) is 49.1 Å². The number of hydrogen-bond acceptors (Lipinski definition) is 4. The Kier molecular flexibility index (Phi) is 5.43. The van der Waals surface area contributed by atoms with Crippen LogP contribution < -0.4 is 4.90 Å². The van der Waals surface area contributed by atoms with E-state index in [0.717, 1.165) is 16.7 Å². The summed E-state index contributed by atoms with van der Waals surface area (Å²) in [7, 11) is 0. The number of aliphatic hydroxyl groups is 1. The molecule has 32 heavy (non-hydrogen) atoms. The number of aryl methyl sites for hydroxylation is 1. The van der Waals surface area contributed by atoms with Gasteiger partial charge in [0.2, 0.25) is 0 Å². The topological polar surface area (TPSA) is 70.5 Å². The van der Waals surface area contributed by atoms with Crippen molar-refractivity contribution in [1.29, 1.82) is 0 Å². The van der Waals surface area contributed by atoms with E-state index in [1.165, 1.54) is 4.90 Å². The van der Waals surface area contributed by atoms with Crippen LogP contribution in [0.4, 0.5) is 5.82 Å². The Morgan fingerprint density at radius 3 is 2.16 bits per heavy atom. The Morgan fingerprint density at radius 1 is 0.938 bits per heavy atom. The third kappa shape index (κ3) is 3.82. The minimum Gasteiger partial charge on any atom is -0.507 e. The molecule has 0 spiro atoms. The molecule has 1 amide bonds. The number of Topliss-reactive ketones (excluding diaryl/α,β-unsaturated/α-hetero) is 1. The maximum Gasteiger partial charge on any atom is 0.301 e. The van der Waals surface area contributed by atoms with E-state index in [4.69, 9.17) is 0 Å². The molecule has 0 bridgehead atoms. The number of carbonyl (C=O) groups excluding carboxylic acids is 2. The average molecular weight is 427 g/mol. The molecule has 1 fully saturated rings. The van der Waals surface area contributed by atoms with Crippen molar-refractivity contribution >= 4 is 23.3 Å². The first kappa shape index (κ1) is 21.5. The predicted molar refractivity (Wildman–Crippen MR) is 125 cm³/mol. The molecule has 1 saturated heterocycles. The molecule has 1 N–H and O–H groups in total. The Morgan fingerprint density at radius 2 is 1.59 bits per heavy atom. The Hall–Kier alpha value is -3.73. The summed E-state index contributed by atoms with van der Waals surface area (Å²) < 4.78 is 0. The van der Waals surface area contributed by atoms with Crippen LogP contribution in [0.15, 0.2) is 78.5 Å². The second-order valence-corrected chi connectivity index (χ2v) is 9.10. The Labute approximate surface area is 188 Å². The summed E-state index contributed by atoms with van der Waals surface area (Å²) in [5, 5.41) is 11.1. The van der Waals surface area contributed by atoms with E-state index in [1.54, 1.807) is 36.5 Å². The van der Waals surface area contributed by atoms with Crippen LogP contribution in [-0.4, -0.2) is 21.8 Å². The third-order valence-corrected chi connectivity index (χ3v) is 5.76. The second-order valence-electron chi connectivity index (χ2n) is 9.10. The number of pyridine rings is 1. The molecule has 4 rings (SSSR count). The molecular weight excluding hydrogens is 400 g/mol. The molecule has 0 saturated carbocycles. The van der Waals surface area contributed by atoms with Gasteiger partial charge < -0.3 is 5.11 Å². The number of carbonyl (C=O) groups is 2. The lowest BCUT2D eigenvalue weighted by Crippen LogP contribution is -2.30. The molecule has 0 aliphatic carbocycles. The molecule has 0 radical (unpaired) electrons. The largest absolute Gasteiger partial charge is 0.507 e. The first-order valence-electron chi connectivity index (χ1n) is 10.6. The molecule has 1 atom stereocenters. The van der Waals surface area contributed by atoms with Crippen LogP contribution in [0.25, 0.3) is 5.76 Å². The molecule has 5 heteroatoms. The van der Waals surface area contributed by atoms with Crippen LogP contribution in [0.5, 0.6) is 0 Å². The summed E-state index contributed by atoms with van der Waals surface area (Å²) in [5.74, 6) is -1.25. The first-order valence-corrected chi connectivity index (χ1v) is 10.6. The zero-order valence-electron chi connectivity index (χ0n) is 18.7. The summed E-state index contributed by atoms with van der Waals surface area (Å²) in [4.78, 5) is 31.9. The van der Waals surface area contributed by atoms with Crippen LogP contribution >= 0.6 is 0 Å². The SMILES string of the molecule is Cc1ccc(C(O)=C2C(=O)C(=O)N(c3ccccn3)[C@H]2c2ccc(C(C)(C)C)cc2)cc1. The minimum atomic E-state index is -0.778. The van der Waals surface area contributed by atoms with Gasteiger partial charge in [-0.05, 0) is 35.6 Å². The monoisotopic (exact) mass is 426 g/mol. The maximum atomic E-state index is 13.1. The highest BCUT2D eigenvalue weighted by molar-refractivity contribution is 6.51. The van der Waals surface area contributed by atoms with Gasteiger partial charge in [0.15, 0.2) is 0 Å². The van der Waals surface area contributed by atoms with Gasteiger partial charge in [-0.3, -0.25) is 14.5 Å². The fourth-order valence-corrected chi connectivity index (χ4v) is 3.91. The molecular formula is C27H26N2O3. The zero-order chi connectivity index (χ0) is 23.0. The van der Waals surface area contributed by atoms with E-state index in [9.17, 15) is 14.7 Å². The molecule has 2 heterocycles. The number of rotatable bonds is 3. The number of benzene rings is 2. The van der Waals surface area contributed by atoms with Gasteiger partial charge in [0, 0.05) is 11.8 Å². The van der Waals surface area contributed by atoms with Crippen LogP contribution in [-0.2, 0) is 15.0 Å². The van der Waals surface area contributed by atoms with E-state index in [2.05, 4.69) is 25.8 Å². The van der Waals surface area contributed by atoms with Crippen LogP contribution in [0.2, 0.25) is 0 Å². The third-order valence-electron chi connectivity index (χ3n) is 5.76. The van der Waals surface area contributed by atoms with Crippen LogP contribution in [0, 0.1) is 6.92 Å². The summed E-state index contributed by atoms with van der Waals surface area (Å²) in [6.45, 7) is 8.32. The highest BCUT2D eigenvalue weighted by Crippen LogP contribution is 2.41. The second kappa shape index (κ2) is 8.08. The number of hydrogen-bond donors (Lipinski definition) is 1. The normalized spacial score (nSPS) is 18.2. The zero-order valence-corrected chi connectivity index (χ0v) is 18.7. The molecule has 1 aliphatic heterocycles. The average Bonchev–Trinajstić information content (AvgIpc) is 3.04. The number of aromatic nitrogens is 1. The summed E-state index contributed by atoms with van der Waals surface area (Å²) in [5.41, 5.74) is 3.42. The minimum absolute atomic E-state index is 0.0385. The lowest BCUT2D eigenvalue weighted by Gasteiger charge is -2.25. The molecule has 1 aliphatic rings.